The number of hydrogen-bond donors (Lipinski definition) is 1. The van der Waals surface area contributed by atoms with Crippen LogP contribution in [0.5, 0.6) is 5.75 Å². The lowest BCUT2D eigenvalue weighted by Crippen LogP contribution is -2.48. The van der Waals surface area contributed by atoms with Crippen molar-refractivity contribution in [1.82, 2.24) is 4.90 Å². The van der Waals surface area contributed by atoms with Crippen molar-refractivity contribution in [2.75, 3.05) is 49.6 Å². The Morgan fingerprint density at radius 2 is 1.93 bits per heavy atom. The van der Waals surface area contributed by atoms with E-state index >= 15 is 0 Å². The topological polar surface area (TPSA) is 71.1 Å². The van der Waals surface area contributed by atoms with E-state index in [9.17, 15) is 9.59 Å². The van der Waals surface area contributed by atoms with Gasteiger partial charge < -0.3 is 19.7 Å². The van der Waals surface area contributed by atoms with Crippen LogP contribution in [0.25, 0.3) is 0 Å². The summed E-state index contributed by atoms with van der Waals surface area (Å²) in [4.78, 5) is 29.2. The third-order valence-electron chi connectivity index (χ3n) is 5.54. The molecule has 0 bridgehead atoms. The second-order valence-electron chi connectivity index (χ2n) is 7.39. The molecule has 1 N–H and O–H groups in total. The van der Waals surface area contributed by atoms with Crippen LogP contribution in [-0.4, -0.2) is 62.2 Å². The summed E-state index contributed by atoms with van der Waals surface area (Å²) in [5.41, 5.74) is 1.46. The average Bonchev–Trinajstić information content (AvgIpc) is 2.70. The van der Waals surface area contributed by atoms with E-state index in [1.807, 2.05) is 32.0 Å². The van der Waals surface area contributed by atoms with Crippen LogP contribution in [0.2, 0.25) is 0 Å². The molecule has 2 amide bonds. The Labute approximate surface area is 167 Å². The molecule has 7 heteroatoms. The van der Waals surface area contributed by atoms with E-state index in [4.69, 9.17) is 9.47 Å². The first-order valence-corrected chi connectivity index (χ1v) is 10.3. The van der Waals surface area contributed by atoms with Gasteiger partial charge in [0.2, 0.25) is 5.91 Å². The quantitative estimate of drug-likeness (QED) is 0.776. The molecule has 1 unspecified atom stereocenters. The van der Waals surface area contributed by atoms with Crippen molar-refractivity contribution in [1.29, 1.82) is 0 Å². The number of morpholine rings is 1. The smallest absolute Gasteiger partial charge is 0.267 e. The summed E-state index contributed by atoms with van der Waals surface area (Å²) in [6.07, 6.45) is 1.08. The Hall–Kier alpha value is -2.12. The van der Waals surface area contributed by atoms with Gasteiger partial charge in [-0.1, -0.05) is 13.8 Å². The molecule has 0 radical (unpaired) electrons. The molecule has 1 aromatic carbocycles. The summed E-state index contributed by atoms with van der Waals surface area (Å²) in [5, 5.41) is 2.97. The summed E-state index contributed by atoms with van der Waals surface area (Å²) < 4.78 is 11.2. The minimum atomic E-state index is -0.540. The van der Waals surface area contributed by atoms with Gasteiger partial charge in [0.25, 0.3) is 5.91 Å². The Bertz CT molecular complexity index is 699. The van der Waals surface area contributed by atoms with Crippen LogP contribution >= 0.6 is 0 Å². The van der Waals surface area contributed by atoms with E-state index in [1.54, 1.807) is 11.8 Å². The van der Waals surface area contributed by atoms with Crippen LogP contribution in [0.15, 0.2) is 18.2 Å². The number of hydrogen-bond acceptors (Lipinski definition) is 5. The van der Waals surface area contributed by atoms with Gasteiger partial charge in [-0.3, -0.25) is 14.5 Å². The molecule has 0 spiro atoms. The monoisotopic (exact) mass is 389 g/mol. The average molecular weight is 389 g/mol. The highest BCUT2D eigenvalue weighted by atomic mass is 16.5. The van der Waals surface area contributed by atoms with Gasteiger partial charge in [-0.2, -0.15) is 0 Å². The summed E-state index contributed by atoms with van der Waals surface area (Å²) in [7, 11) is 0. The number of carbonyl (C=O) groups excluding carboxylic acids is 2. The number of fused-ring (bicyclic) bond motifs is 1. The lowest BCUT2D eigenvalue weighted by atomic mass is 10.0. The summed E-state index contributed by atoms with van der Waals surface area (Å²) in [6, 6.07) is 5.52. The maximum atomic E-state index is 12.7. The molecule has 2 heterocycles. The normalized spacial score (nSPS) is 20.1. The van der Waals surface area contributed by atoms with Gasteiger partial charge in [-0.25, -0.2) is 0 Å². The second-order valence-corrected chi connectivity index (χ2v) is 7.39. The number of rotatable bonds is 7. The van der Waals surface area contributed by atoms with Crippen LogP contribution in [0, 0.1) is 5.92 Å². The van der Waals surface area contributed by atoms with Crippen molar-refractivity contribution in [3.8, 4) is 5.75 Å². The fourth-order valence-electron chi connectivity index (χ4n) is 3.69. The lowest BCUT2D eigenvalue weighted by Gasteiger charge is -2.35. The first kappa shape index (κ1) is 20.6. The minimum Gasteiger partial charge on any atom is -0.479 e. The molecule has 1 atom stereocenters. The molecular weight excluding hydrogens is 358 g/mol. The van der Waals surface area contributed by atoms with E-state index in [-0.39, 0.29) is 17.7 Å². The lowest BCUT2D eigenvalue weighted by molar-refractivity contribution is -0.125. The highest BCUT2D eigenvalue weighted by molar-refractivity contribution is 6.00. The summed E-state index contributed by atoms with van der Waals surface area (Å²) in [5.74, 6) is 0.627. The maximum absolute atomic E-state index is 12.7. The van der Waals surface area contributed by atoms with E-state index in [2.05, 4.69) is 10.2 Å². The molecule has 0 aliphatic carbocycles. The molecule has 0 saturated carbocycles. The summed E-state index contributed by atoms with van der Waals surface area (Å²) in [6.45, 7) is 10.5. The Morgan fingerprint density at radius 1 is 1.21 bits per heavy atom. The van der Waals surface area contributed by atoms with Crippen LogP contribution in [0.3, 0.4) is 0 Å². The second kappa shape index (κ2) is 9.39. The maximum Gasteiger partial charge on any atom is 0.267 e. The molecule has 0 aromatic heterocycles. The predicted molar refractivity (Wildman–Crippen MR) is 109 cm³/mol. The third kappa shape index (κ3) is 4.64. The van der Waals surface area contributed by atoms with Gasteiger partial charge >= 0.3 is 0 Å². The van der Waals surface area contributed by atoms with Crippen molar-refractivity contribution in [3.05, 3.63) is 18.2 Å². The molecule has 1 saturated heterocycles. The van der Waals surface area contributed by atoms with Gasteiger partial charge in [0.05, 0.1) is 18.9 Å². The summed E-state index contributed by atoms with van der Waals surface area (Å²) >= 11 is 0. The van der Waals surface area contributed by atoms with Gasteiger partial charge in [0.15, 0.2) is 6.10 Å². The molecule has 1 aromatic rings. The largest absolute Gasteiger partial charge is 0.479 e. The number of nitrogens with one attached hydrogen (secondary N) is 1. The SMILES string of the molecule is CCC(CC)C(=O)Nc1ccc2c(c1)OC(C)C(=O)N2CCN1CCOCC1. The zero-order valence-corrected chi connectivity index (χ0v) is 17.1. The fraction of sp³-hybridized carbons (Fsp3) is 0.619. The number of anilines is 2. The van der Waals surface area contributed by atoms with Crippen LogP contribution in [-0.2, 0) is 14.3 Å². The molecule has 1 fully saturated rings. The minimum absolute atomic E-state index is 0.00229. The molecule has 154 valence electrons. The van der Waals surface area contributed by atoms with E-state index in [0.717, 1.165) is 51.4 Å². The Balaban J connectivity index is 1.73. The van der Waals surface area contributed by atoms with Gasteiger partial charge in [-0.05, 0) is 31.9 Å². The number of ether oxygens (including phenoxy) is 2. The van der Waals surface area contributed by atoms with E-state index in [0.29, 0.717) is 18.0 Å². The van der Waals surface area contributed by atoms with Crippen molar-refractivity contribution < 1.29 is 19.1 Å². The van der Waals surface area contributed by atoms with Gasteiger partial charge in [-0.15, -0.1) is 0 Å². The number of carbonyl (C=O) groups is 2. The molecule has 2 aliphatic rings. The number of benzene rings is 1. The van der Waals surface area contributed by atoms with E-state index in [1.165, 1.54) is 0 Å². The van der Waals surface area contributed by atoms with Gasteiger partial charge in [0, 0.05) is 43.9 Å². The third-order valence-corrected chi connectivity index (χ3v) is 5.54. The standard InChI is InChI=1S/C21H31N3O4/c1-4-16(5-2)20(25)22-17-6-7-18-19(14-17)28-15(3)21(26)24(18)9-8-23-10-12-27-13-11-23/h6-7,14-16H,4-5,8-13H2,1-3H3,(H,22,25). The fourth-order valence-corrected chi connectivity index (χ4v) is 3.69. The van der Waals surface area contributed by atoms with Crippen molar-refractivity contribution >= 4 is 23.2 Å². The zero-order valence-electron chi connectivity index (χ0n) is 17.1. The first-order chi connectivity index (χ1) is 13.5. The zero-order chi connectivity index (χ0) is 20.1. The molecule has 7 nitrogen and oxygen atoms in total. The molecule has 28 heavy (non-hydrogen) atoms. The van der Waals surface area contributed by atoms with Crippen LogP contribution < -0.4 is 15.0 Å². The highest BCUT2D eigenvalue weighted by Gasteiger charge is 2.32. The first-order valence-electron chi connectivity index (χ1n) is 10.3. The van der Waals surface area contributed by atoms with Crippen molar-refractivity contribution in [2.24, 2.45) is 5.92 Å². The van der Waals surface area contributed by atoms with Crippen molar-refractivity contribution in [2.45, 2.75) is 39.7 Å². The number of nitrogens with zero attached hydrogens (tertiary/aromatic N) is 2. The Morgan fingerprint density at radius 3 is 2.61 bits per heavy atom. The Kier molecular flexibility index (Phi) is 6.91. The van der Waals surface area contributed by atoms with E-state index < -0.39 is 6.10 Å². The molecule has 3 rings (SSSR count). The highest BCUT2D eigenvalue weighted by Crippen LogP contribution is 2.36. The predicted octanol–water partition coefficient (Wildman–Crippen LogP) is 2.51. The van der Waals surface area contributed by atoms with Gasteiger partial charge in [0.1, 0.15) is 5.75 Å². The van der Waals surface area contributed by atoms with Crippen molar-refractivity contribution in [3.63, 3.8) is 0 Å². The van der Waals surface area contributed by atoms with Crippen LogP contribution in [0.1, 0.15) is 33.6 Å². The number of amides is 2. The van der Waals surface area contributed by atoms with Crippen LogP contribution in [0.4, 0.5) is 11.4 Å². The molecular formula is C21H31N3O4. The molecule has 2 aliphatic heterocycles.